The zero-order chi connectivity index (χ0) is 16.7. The van der Waals surface area contributed by atoms with Crippen molar-refractivity contribution in [1.29, 1.82) is 0 Å². The summed E-state index contributed by atoms with van der Waals surface area (Å²) in [6.45, 7) is 8.50. The highest BCUT2D eigenvalue weighted by Gasteiger charge is 2.21. The number of carbonyl (C=O) groups excluding carboxylic acids is 1. The average Bonchev–Trinajstić information content (AvgIpc) is 3.02. The molecule has 0 radical (unpaired) electrons. The molecule has 0 unspecified atom stereocenters. The molecule has 0 spiro atoms. The Morgan fingerprint density at radius 1 is 1.30 bits per heavy atom. The van der Waals surface area contributed by atoms with Gasteiger partial charge in [-0.05, 0) is 32.9 Å². The smallest absolute Gasteiger partial charge is 0.322 e. The zero-order valence-corrected chi connectivity index (χ0v) is 14.1. The Labute approximate surface area is 137 Å². The lowest BCUT2D eigenvalue weighted by atomic mass is 10.1. The molecule has 1 aromatic rings. The number of hydrogen-bond donors (Lipinski definition) is 1. The fourth-order valence-corrected chi connectivity index (χ4v) is 2.59. The van der Waals surface area contributed by atoms with E-state index in [1.165, 1.54) is 0 Å². The van der Waals surface area contributed by atoms with Crippen molar-refractivity contribution in [2.45, 2.75) is 33.5 Å². The highest BCUT2D eigenvalue weighted by atomic mass is 16.7. The summed E-state index contributed by atoms with van der Waals surface area (Å²) in [5.41, 5.74) is 1.87. The Kier molecular flexibility index (Phi) is 6.67. The number of carbonyl (C=O) groups is 1. The lowest BCUT2D eigenvalue weighted by Crippen LogP contribution is -2.42. The minimum absolute atomic E-state index is 0.155. The van der Waals surface area contributed by atoms with Crippen molar-refractivity contribution in [3.8, 4) is 5.75 Å². The third kappa shape index (κ3) is 4.59. The summed E-state index contributed by atoms with van der Waals surface area (Å²) in [6, 6.07) is 5.56. The largest absolute Gasteiger partial charge is 0.493 e. The van der Waals surface area contributed by atoms with Gasteiger partial charge in [-0.25, -0.2) is 4.79 Å². The van der Waals surface area contributed by atoms with E-state index in [-0.39, 0.29) is 6.03 Å². The minimum atomic E-state index is -0.402. The number of likely N-dealkylation sites (N-methyl/N-ethyl adjacent to an activating group) is 1. The molecule has 0 aromatic heterocycles. The van der Waals surface area contributed by atoms with Gasteiger partial charge in [0.25, 0.3) is 0 Å². The van der Waals surface area contributed by atoms with Crippen LogP contribution in [0.4, 0.5) is 10.5 Å². The maximum absolute atomic E-state index is 12.6. The molecule has 0 atom stereocenters. The number of ether oxygens (including phenoxy) is 3. The summed E-state index contributed by atoms with van der Waals surface area (Å²) in [6.07, 6.45) is 0.416. The molecule has 6 nitrogen and oxygen atoms in total. The van der Waals surface area contributed by atoms with Gasteiger partial charge in [0.1, 0.15) is 5.75 Å². The SMILES string of the molecule is CCOC(CN(CC)C(=O)Nc1cccc2c1CCO2)OCC. The quantitative estimate of drug-likeness (QED) is 0.748. The van der Waals surface area contributed by atoms with Crippen molar-refractivity contribution in [2.75, 3.05) is 38.2 Å². The minimum Gasteiger partial charge on any atom is -0.493 e. The van der Waals surface area contributed by atoms with Crippen LogP contribution in [-0.2, 0) is 15.9 Å². The molecule has 2 amide bonds. The van der Waals surface area contributed by atoms with E-state index in [2.05, 4.69) is 5.32 Å². The fourth-order valence-electron chi connectivity index (χ4n) is 2.59. The molecule has 1 aliphatic heterocycles. The standard InChI is InChI=1S/C17H26N2O4/c1-4-19(12-16(21-5-2)22-6-3)17(20)18-14-8-7-9-15-13(14)10-11-23-15/h7-9,16H,4-6,10-12H2,1-3H3,(H,18,20). The predicted molar refractivity (Wildman–Crippen MR) is 88.9 cm³/mol. The molecule has 0 bridgehead atoms. The Morgan fingerprint density at radius 3 is 2.70 bits per heavy atom. The van der Waals surface area contributed by atoms with Crippen molar-refractivity contribution in [3.05, 3.63) is 23.8 Å². The Balaban J connectivity index is 2.01. The number of nitrogens with zero attached hydrogens (tertiary/aromatic N) is 1. The first-order valence-electron chi connectivity index (χ1n) is 8.23. The van der Waals surface area contributed by atoms with Gasteiger partial charge in [-0.2, -0.15) is 0 Å². The van der Waals surface area contributed by atoms with Gasteiger partial charge in [0.2, 0.25) is 0 Å². The molecule has 0 saturated heterocycles. The first-order chi connectivity index (χ1) is 11.2. The summed E-state index contributed by atoms with van der Waals surface area (Å²) < 4.78 is 16.6. The third-order valence-electron chi connectivity index (χ3n) is 3.73. The normalized spacial score (nSPS) is 12.9. The molecule has 0 aliphatic carbocycles. The number of amides is 2. The van der Waals surface area contributed by atoms with Crippen LogP contribution < -0.4 is 10.1 Å². The van der Waals surface area contributed by atoms with Crippen molar-refractivity contribution < 1.29 is 19.0 Å². The van der Waals surface area contributed by atoms with Crippen LogP contribution in [0.3, 0.4) is 0 Å². The molecule has 1 aliphatic rings. The number of fused-ring (bicyclic) bond motifs is 1. The van der Waals surface area contributed by atoms with Crippen molar-refractivity contribution in [2.24, 2.45) is 0 Å². The first kappa shape index (κ1) is 17.6. The maximum Gasteiger partial charge on any atom is 0.322 e. The van der Waals surface area contributed by atoms with E-state index in [4.69, 9.17) is 14.2 Å². The van der Waals surface area contributed by atoms with Crippen molar-refractivity contribution >= 4 is 11.7 Å². The third-order valence-corrected chi connectivity index (χ3v) is 3.73. The summed E-state index contributed by atoms with van der Waals surface area (Å²) >= 11 is 0. The molecule has 128 valence electrons. The molecule has 23 heavy (non-hydrogen) atoms. The predicted octanol–water partition coefficient (Wildman–Crippen LogP) is 2.87. The van der Waals surface area contributed by atoms with E-state index in [0.717, 1.165) is 23.4 Å². The summed E-state index contributed by atoms with van der Waals surface area (Å²) in [5, 5.41) is 2.98. The van der Waals surface area contributed by atoms with Crippen LogP contribution in [0.5, 0.6) is 5.75 Å². The second-order valence-corrected chi connectivity index (χ2v) is 5.19. The molecule has 1 N–H and O–H groups in total. The van der Waals surface area contributed by atoms with Crippen molar-refractivity contribution in [1.82, 2.24) is 4.90 Å². The van der Waals surface area contributed by atoms with Gasteiger partial charge in [-0.3, -0.25) is 0 Å². The lowest BCUT2D eigenvalue weighted by molar-refractivity contribution is -0.142. The Hall–Kier alpha value is -1.79. The van der Waals surface area contributed by atoms with Crippen LogP contribution in [0, 0.1) is 0 Å². The topological polar surface area (TPSA) is 60.0 Å². The zero-order valence-electron chi connectivity index (χ0n) is 14.1. The molecule has 0 saturated carbocycles. The summed E-state index contributed by atoms with van der Waals surface area (Å²) in [7, 11) is 0. The molecule has 2 rings (SSSR count). The number of urea groups is 1. The van der Waals surface area contributed by atoms with Crippen LogP contribution in [0.25, 0.3) is 0 Å². The van der Waals surface area contributed by atoms with Crippen molar-refractivity contribution in [3.63, 3.8) is 0 Å². The molecule has 1 aromatic carbocycles. The molecular weight excluding hydrogens is 296 g/mol. The van der Waals surface area contributed by atoms with Gasteiger partial charge in [0.15, 0.2) is 6.29 Å². The maximum atomic E-state index is 12.6. The van der Waals surface area contributed by atoms with Crippen LogP contribution in [0.2, 0.25) is 0 Å². The number of rotatable bonds is 8. The van der Waals surface area contributed by atoms with Crippen LogP contribution >= 0.6 is 0 Å². The monoisotopic (exact) mass is 322 g/mol. The molecule has 1 heterocycles. The van der Waals surface area contributed by atoms with E-state index in [1.807, 2.05) is 39.0 Å². The van der Waals surface area contributed by atoms with Gasteiger partial charge in [0, 0.05) is 37.4 Å². The van der Waals surface area contributed by atoms with E-state index in [1.54, 1.807) is 4.90 Å². The van der Waals surface area contributed by atoms with E-state index >= 15 is 0 Å². The van der Waals surface area contributed by atoms with Crippen LogP contribution in [-0.4, -0.2) is 50.1 Å². The summed E-state index contributed by atoms with van der Waals surface area (Å²) in [5.74, 6) is 0.854. The van der Waals surface area contributed by atoms with Crippen LogP contribution in [0.15, 0.2) is 18.2 Å². The van der Waals surface area contributed by atoms with E-state index in [0.29, 0.717) is 32.9 Å². The van der Waals surface area contributed by atoms with E-state index < -0.39 is 6.29 Å². The number of anilines is 1. The summed E-state index contributed by atoms with van der Waals surface area (Å²) in [4.78, 5) is 14.2. The molecule has 0 fully saturated rings. The first-order valence-corrected chi connectivity index (χ1v) is 8.23. The van der Waals surface area contributed by atoms with Gasteiger partial charge in [0.05, 0.1) is 13.2 Å². The lowest BCUT2D eigenvalue weighted by Gasteiger charge is -2.26. The second-order valence-electron chi connectivity index (χ2n) is 5.19. The van der Waals surface area contributed by atoms with Crippen LogP contribution in [0.1, 0.15) is 26.3 Å². The van der Waals surface area contributed by atoms with E-state index in [9.17, 15) is 4.79 Å². The number of nitrogens with one attached hydrogen (secondary N) is 1. The van der Waals surface area contributed by atoms with Gasteiger partial charge in [-0.1, -0.05) is 6.07 Å². The van der Waals surface area contributed by atoms with Gasteiger partial charge < -0.3 is 24.4 Å². The number of benzene rings is 1. The number of hydrogen-bond acceptors (Lipinski definition) is 4. The Morgan fingerprint density at radius 2 is 2.04 bits per heavy atom. The van der Waals surface area contributed by atoms with Gasteiger partial charge in [-0.15, -0.1) is 0 Å². The Bertz CT molecular complexity index is 515. The fraction of sp³-hybridized carbons (Fsp3) is 0.588. The highest BCUT2D eigenvalue weighted by molar-refractivity contribution is 5.90. The van der Waals surface area contributed by atoms with Gasteiger partial charge >= 0.3 is 6.03 Å². The molecule has 6 heteroatoms. The average molecular weight is 322 g/mol. The second kappa shape index (κ2) is 8.74. The molecular formula is C17H26N2O4. The highest BCUT2D eigenvalue weighted by Crippen LogP contribution is 2.31.